The third kappa shape index (κ3) is 8.72. The number of anilines is 1. The molecular formula is C29H38FN7O5. The van der Waals surface area contributed by atoms with Crippen LogP contribution >= 0.6 is 0 Å². The lowest BCUT2D eigenvalue weighted by atomic mass is 9.87. The summed E-state index contributed by atoms with van der Waals surface area (Å²) in [7, 11) is 6.18. The van der Waals surface area contributed by atoms with Gasteiger partial charge in [-0.3, -0.25) is 19.0 Å². The number of fused-ring (bicyclic) bond motifs is 1. The fourth-order valence-corrected chi connectivity index (χ4v) is 4.06. The van der Waals surface area contributed by atoms with Gasteiger partial charge < -0.3 is 24.8 Å². The SMILES string of the molecule is CN(C)C(=O)/C=C/CC[C@H](OC(=O)N(C)C)C(=O)Nc1cncn(Cc2nc3cc(F)cc(CC(C)(C)C)c3[nH]2)c1=O. The summed E-state index contributed by atoms with van der Waals surface area (Å²) >= 11 is 0. The van der Waals surface area contributed by atoms with Crippen LogP contribution in [0.15, 0.2) is 41.6 Å². The molecule has 42 heavy (non-hydrogen) atoms. The molecule has 0 aliphatic carbocycles. The van der Waals surface area contributed by atoms with E-state index in [9.17, 15) is 23.6 Å². The zero-order valence-corrected chi connectivity index (χ0v) is 25.0. The second kappa shape index (κ2) is 13.4. The zero-order valence-electron chi connectivity index (χ0n) is 25.0. The minimum atomic E-state index is -1.24. The maximum atomic E-state index is 14.3. The number of rotatable bonds is 10. The molecule has 1 aromatic carbocycles. The lowest BCUT2D eigenvalue weighted by Gasteiger charge is -2.19. The normalized spacial score (nSPS) is 12.4. The Kier molecular flexibility index (Phi) is 10.2. The van der Waals surface area contributed by atoms with E-state index < -0.39 is 29.5 Å². The van der Waals surface area contributed by atoms with Crippen LogP contribution < -0.4 is 10.9 Å². The van der Waals surface area contributed by atoms with E-state index in [1.165, 1.54) is 59.2 Å². The van der Waals surface area contributed by atoms with Gasteiger partial charge in [-0.25, -0.2) is 19.2 Å². The molecule has 0 unspecified atom stereocenters. The number of nitrogens with zero attached hydrogens (tertiary/aromatic N) is 5. The zero-order chi connectivity index (χ0) is 31.2. The van der Waals surface area contributed by atoms with E-state index in [-0.39, 0.29) is 36.4 Å². The Bertz CT molecular complexity index is 1540. The van der Waals surface area contributed by atoms with E-state index in [0.29, 0.717) is 23.3 Å². The summed E-state index contributed by atoms with van der Waals surface area (Å²) in [6.45, 7) is 6.16. The van der Waals surface area contributed by atoms with E-state index >= 15 is 0 Å². The summed E-state index contributed by atoms with van der Waals surface area (Å²) in [6, 6.07) is 2.81. The molecule has 3 rings (SSSR count). The molecule has 0 aliphatic rings. The van der Waals surface area contributed by atoms with Crippen molar-refractivity contribution in [1.29, 1.82) is 0 Å². The molecule has 226 valence electrons. The van der Waals surface area contributed by atoms with Gasteiger partial charge in [0.05, 0.1) is 30.1 Å². The predicted molar refractivity (Wildman–Crippen MR) is 156 cm³/mol. The third-order valence-electron chi connectivity index (χ3n) is 6.09. The Morgan fingerprint density at radius 1 is 1.17 bits per heavy atom. The molecule has 2 aromatic heterocycles. The number of carbonyl (C=O) groups is 3. The number of halogens is 1. The minimum Gasteiger partial charge on any atom is -0.436 e. The largest absolute Gasteiger partial charge is 0.436 e. The van der Waals surface area contributed by atoms with Crippen LogP contribution in [0, 0.1) is 11.2 Å². The van der Waals surface area contributed by atoms with Gasteiger partial charge in [-0.15, -0.1) is 0 Å². The lowest BCUT2D eigenvalue weighted by Crippen LogP contribution is -2.37. The molecule has 2 heterocycles. The number of hydrogen-bond donors (Lipinski definition) is 2. The molecule has 3 aromatic rings. The maximum absolute atomic E-state index is 14.3. The first kappa shape index (κ1) is 32.0. The van der Waals surface area contributed by atoms with E-state index in [1.54, 1.807) is 20.2 Å². The monoisotopic (exact) mass is 583 g/mol. The second-order valence-corrected chi connectivity index (χ2v) is 11.6. The lowest BCUT2D eigenvalue weighted by molar-refractivity contribution is -0.125. The molecular weight excluding hydrogens is 545 g/mol. The Morgan fingerprint density at radius 2 is 1.88 bits per heavy atom. The van der Waals surface area contributed by atoms with Crippen molar-refractivity contribution in [3.05, 3.63) is 64.4 Å². The smallest absolute Gasteiger partial charge is 0.410 e. The van der Waals surface area contributed by atoms with Gasteiger partial charge >= 0.3 is 6.09 Å². The van der Waals surface area contributed by atoms with Gasteiger partial charge in [0.15, 0.2) is 6.10 Å². The van der Waals surface area contributed by atoms with Gasteiger partial charge in [0.2, 0.25) is 5.91 Å². The van der Waals surface area contributed by atoms with Crippen LogP contribution in [0.3, 0.4) is 0 Å². The minimum absolute atomic E-state index is 0.00938. The third-order valence-corrected chi connectivity index (χ3v) is 6.09. The molecule has 0 saturated carbocycles. The molecule has 0 bridgehead atoms. The summed E-state index contributed by atoms with van der Waals surface area (Å²) in [5, 5.41) is 2.51. The first-order chi connectivity index (χ1) is 19.6. The second-order valence-electron chi connectivity index (χ2n) is 11.6. The first-order valence-corrected chi connectivity index (χ1v) is 13.4. The topological polar surface area (TPSA) is 143 Å². The number of allylic oxidation sites excluding steroid dienone is 1. The number of carbonyl (C=O) groups excluding carboxylic acids is 3. The van der Waals surface area contributed by atoms with Crippen molar-refractivity contribution in [2.45, 2.75) is 52.7 Å². The van der Waals surface area contributed by atoms with E-state index in [2.05, 4.69) is 41.0 Å². The fraction of sp³-hybridized carbons (Fsp3) is 0.448. The number of H-pyrrole nitrogens is 1. The average molecular weight is 584 g/mol. The van der Waals surface area contributed by atoms with Crippen LogP contribution in [-0.4, -0.2) is 81.5 Å². The number of aromatic amines is 1. The predicted octanol–water partition coefficient (Wildman–Crippen LogP) is 3.33. The standard InChI is InChI=1S/C29H38FN7O5/c1-29(2,3)14-18-12-19(30)13-20-25(18)34-23(32-20)16-37-17-31-15-21(27(37)40)33-26(39)22(42-28(41)36(6)7)10-8-9-11-24(38)35(4)5/h9,11-13,15,17,22H,8,10,14,16H2,1-7H3,(H,32,34)(H,33,39)/b11-9+/t22-/m0/s1. The number of benzene rings is 1. The van der Waals surface area contributed by atoms with Crippen LogP contribution in [0.5, 0.6) is 0 Å². The summed E-state index contributed by atoms with van der Waals surface area (Å²) in [5.74, 6) is -0.930. The number of aromatic nitrogens is 4. The first-order valence-electron chi connectivity index (χ1n) is 13.4. The van der Waals surface area contributed by atoms with Crippen LogP contribution in [0.2, 0.25) is 0 Å². The van der Waals surface area contributed by atoms with E-state index in [0.717, 1.165) is 5.56 Å². The van der Waals surface area contributed by atoms with E-state index in [1.807, 2.05) is 0 Å². The Hall–Kier alpha value is -4.55. The average Bonchev–Trinajstić information content (AvgIpc) is 3.29. The van der Waals surface area contributed by atoms with E-state index in [4.69, 9.17) is 4.74 Å². The summed E-state index contributed by atoms with van der Waals surface area (Å²) in [4.78, 5) is 64.6. The van der Waals surface area contributed by atoms with Gasteiger partial charge in [-0.1, -0.05) is 26.8 Å². The maximum Gasteiger partial charge on any atom is 0.410 e. The molecule has 0 spiro atoms. The fourth-order valence-electron chi connectivity index (χ4n) is 4.06. The number of ether oxygens (including phenoxy) is 1. The van der Waals surface area contributed by atoms with Crippen molar-refractivity contribution in [3.63, 3.8) is 0 Å². The van der Waals surface area contributed by atoms with Gasteiger partial charge in [0.1, 0.15) is 17.3 Å². The molecule has 0 saturated heterocycles. The molecule has 0 aliphatic heterocycles. The summed E-state index contributed by atoms with van der Waals surface area (Å²) in [5.41, 5.74) is 1.15. The van der Waals surface area contributed by atoms with Crippen LogP contribution in [0.1, 0.15) is 45.0 Å². The molecule has 2 N–H and O–H groups in total. The van der Waals surface area contributed by atoms with Crippen molar-refractivity contribution in [2.75, 3.05) is 33.5 Å². The Labute approximate surface area is 243 Å². The number of imidazole rings is 1. The molecule has 12 nitrogen and oxygen atoms in total. The highest BCUT2D eigenvalue weighted by Crippen LogP contribution is 2.27. The number of nitrogens with one attached hydrogen (secondary N) is 2. The van der Waals surface area contributed by atoms with Gasteiger partial charge in [0.25, 0.3) is 11.5 Å². The molecule has 3 amide bonds. The van der Waals surface area contributed by atoms with Crippen molar-refractivity contribution >= 4 is 34.6 Å². The quantitative estimate of drug-likeness (QED) is 0.349. The highest BCUT2D eigenvalue weighted by Gasteiger charge is 2.25. The van der Waals surface area contributed by atoms with Crippen molar-refractivity contribution in [2.24, 2.45) is 5.41 Å². The van der Waals surface area contributed by atoms with Gasteiger partial charge in [-0.05, 0) is 42.4 Å². The summed E-state index contributed by atoms with van der Waals surface area (Å²) in [6.07, 6.45) is 4.43. The van der Waals surface area contributed by atoms with Crippen molar-refractivity contribution < 1.29 is 23.5 Å². The van der Waals surface area contributed by atoms with Crippen LogP contribution in [0.4, 0.5) is 14.9 Å². The molecule has 13 heteroatoms. The highest BCUT2D eigenvalue weighted by molar-refractivity contribution is 5.95. The molecule has 0 fully saturated rings. The number of amides is 3. The molecule has 0 radical (unpaired) electrons. The van der Waals surface area contributed by atoms with Gasteiger partial charge in [-0.2, -0.15) is 0 Å². The Balaban J connectivity index is 1.80. The van der Waals surface area contributed by atoms with Crippen molar-refractivity contribution in [1.82, 2.24) is 29.3 Å². The highest BCUT2D eigenvalue weighted by atomic mass is 19.1. The van der Waals surface area contributed by atoms with Crippen LogP contribution in [-0.2, 0) is 27.3 Å². The number of hydrogen-bond acceptors (Lipinski definition) is 7. The number of likely N-dealkylation sites (N-methyl/N-ethyl adjacent to an activating group) is 1. The van der Waals surface area contributed by atoms with Crippen LogP contribution in [0.25, 0.3) is 11.0 Å². The Morgan fingerprint density at radius 3 is 2.52 bits per heavy atom. The van der Waals surface area contributed by atoms with Crippen molar-refractivity contribution in [3.8, 4) is 0 Å². The van der Waals surface area contributed by atoms with Gasteiger partial charge in [0, 0.05) is 34.3 Å². The molecule has 1 atom stereocenters. The summed E-state index contributed by atoms with van der Waals surface area (Å²) < 4.78 is 20.9.